The van der Waals surface area contributed by atoms with Gasteiger partial charge in [0.25, 0.3) is 0 Å². The molecule has 0 amide bonds. The lowest BCUT2D eigenvalue weighted by molar-refractivity contribution is 0.521. The van der Waals surface area contributed by atoms with Crippen molar-refractivity contribution >= 4 is 11.8 Å². The van der Waals surface area contributed by atoms with Crippen LogP contribution in [0.1, 0.15) is 45.7 Å². The van der Waals surface area contributed by atoms with Crippen LogP contribution in [-0.2, 0) is 0 Å². The molecule has 1 aromatic rings. The second-order valence-electron chi connectivity index (χ2n) is 5.60. The summed E-state index contributed by atoms with van der Waals surface area (Å²) in [5.41, 5.74) is 0.421. The molecule has 0 radical (unpaired) electrons. The molecule has 1 rings (SSSR count). The molecule has 1 N–H and O–H groups in total. The molecule has 0 aliphatic rings. The second-order valence-corrected chi connectivity index (χ2v) is 7.44. The summed E-state index contributed by atoms with van der Waals surface area (Å²) in [4.78, 5) is 0. The number of nitrogens with one attached hydrogen (secondary N) is 1. The summed E-state index contributed by atoms with van der Waals surface area (Å²) in [6.45, 7) is 9.22. The largest absolute Gasteiger partial charge is 0.309 e. The van der Waals surface area contributed by atoms with Crippen LogP contribution in [0.3, 0.4) is 0 Å². The molecule has 19 heavy (non-hydrogen) atoms. The zero-order valence-electron chi connectivity index (χ0n) is 12.1. The maximum atomic E-state index is 13.9. The smallest absolute Gasteiger partial charge is 0.128 e. The van der Waals surface area contributed by atoms with Gasteiger partial charge in [-0.2, -0.15) is 11.8 Å². The normalized spacial score (nSPS) is 13.6. The molecule has 0 saturated carbocycles. The SMILES string of the molecule is CCCNC(CSC(C)(C)C)c1cc(F)ccc1F. The van der Waals surface area contributed by atoms with E-state index in [1.165, 1.54) is 12.1 Å². The topological polar surface area (TPSA) is 12.0 Å². The predicted octanol–water partition coefficient (Wildman–Crippen LogP) is 4.54. The Balaban J connectivity index is 2.85. The minimum absolute atomic E-state index is 0.107. The summed E-state index contributed by atoms with van der Waals surface area (Å²) in [5.74, 6) is -0.00545. The number of benzene rings is 1. The Kier molecular flexibility index (Phi) is 6.27. The molecule has 0 spiro atoms. The van der Waals surface area contributed by atoms with Gasteiger partial charge in [-0.05, 0) is 31.2 Å². The molecule has 1 nitrogen and oxygen atoms in total. The fourth-order valence-corrected chi connectivity index (χ4v) is 2.66. The van der Waals surface area contributed by atoms with Gasteiger partial charge in [-0.25, -0.2) is 8.78 Å². The molecule has 0 heterocycles. The van der Waals surface area contributed by atoms with Crippen LogP contribution in [0.4, 0.5) is 8.78 Å². The molecule has 0 fully saturated rings. The number of halogens is 2. The highest BCUT2D eigenvalue weighted by Crippen LogP contribution is 2.29. The molecule has 108 valence electrons. The first-order valence-corrected chi connectivity index (χ1v) is 7.64. The molecule has 0 aliphatic heterocycles. The van der Waals surface area contributed by atoms with E-state index in [1.807, 2.05) is 0 Å². The Morgan fingerprint density at radius 2 is 1.95 bits per heavy atom. The molecule has 0 aromatic heterocycles. The predicted molar refractivity (Wildman–Crippen MR) is 79.6 cm³/mol. The fourth-order valence-electron chi connectivity index (χ4n) is 1.69. The number of rotatable bonds is 6. The van der Waals surface area contributed by atoms with Gasteiger partial charge >= 0.3 is 0 Å². The molecule has 1 aromatic carbocycles. The highest BCUT2D eigenvalue weighted by Gasteiger charge is 2.19. The van der Waals surface area contributed by atoms with E-state index in [4.69, 9.17) is 0 Å². The van der Waals surface area contributed by atoms with E-state index in [9.17, 15) is 8.78 Å². The van der Waals surface area contributed by atoms with E-state index in [2.05, 4.69) is 33.0 Å². The van der Waals surface area contributed by atoms with Gasteiger partial charge in [-0.1, -0.05) is 27.7 Å². The van der Waals surface area contributed by atoms with Gasteiger partial charge in [0.1, 0.15) is 11.6 Å². The van der Waals surface area contributed by atoms with Crippen molar-refractivity contribution in [3.8, 4) is 0 Å². The van der Waals surface area contributed by atoms with Crippen LogP contribution in [0.5, 0.6) is 0 Å². The summed E-state index contributed by atoms with van der Waals surface area (Å²) < 4.78 is 27.3. The zero-order valence-corrected chi connectivity index (χ0v) is 12.9. The van der Waals surface area contributed by atoms with Gasteiger partial charge in [0, 0.05) is 22.1 Å². The molecular formula is C15H23F2NS. The standard InChI is InChI=1S/C15H23F2NS/c1-5-8-18-14(10-19-15(2,3)4)12-9-11(16)6-7-13(12)17/h6-7,9,14,18H,5,8,10H2,1-4H3. The summed E-state index contributed by atoms with van der Waals surface area (Å²) in [6, 6.07) is 3.51. The van der Waals surface area contributed by atoms with Gasteiger partial charge in [-0.15, -0.1) is 0 Å². The van der Waals surface area contributed by atoms with E-state index in [0.29, 0.717) is 5.56 Å². The maximum Gasteiger partial charge on any atom is 0.128 e. The van der Waals surface area contributed by atoms with E-state index >= 15 is 0 Å². The molecule has 4 heteroatoms. The first-order valence-electron chi connectivity index (χ1n) is 6.66. The van der Waals surface area contributed by atoms with Crippen LogP contribution < -0.4 is 5.32 Å². The Hall–Kier alpha value is -0.610. The molecule has 0 aliphatic carbocycles. The molecule has 0 saturated heterocycles. The van der Waals surface area contributed by atoms with Crippen molar-refractivity contribution in [2.75, 3.05) is 12.3 Å². The highest BCUT2D eigenvalue weighted by atomic mass is 32.2. The molecule has 0 bridgehead atoms. The van der Waals surface area contributed by atoms with Crippen molar-refractivity contribution in [2.24, 2.45) is 0 Å². The molecule has 1 unspecified atom stereocenters. The van der Waals surface area contributed by atoms with Crippen LogP contribution >= 0.6 is 11.8 Å². The first kappa shape index (κ1) is 16.4. The van der Waals surface area contributed by atoms with Crippen LogP contribution in [0, 0.1) is 11.6 Å². The van der Waals surface area contributed by atoms with E-state index < -0.39 is 0 Å². The Labute approximate surface area is 119 Å². The van der Waals surface area contributed by atoms with Crippen LogP contribution in [0.15, 0.2) is 18.2 Å². The van der Waals surface area contributed by atoms with Crippen LogP contribution in [0.2, 0.25) is 0 Å². The average Bonchev–Trinajstić information content (AvgIpc) is 2.32. The molecule has 1 atom stereocenters. The minimum atomic E-state index is -0.388. The monoisotopic (exact) mass is 287 g/mol. The summed E-state index contributed by atoms with van der Waals surface area (Å²) in [7, 11) is 0. The van der Waals surface area contributed by atoms with Crippen LogP contribution in [0.25, 0.3) is 0 Å². The van der Waals surface area contributed by atoms with E-state index in [1.54, 1.807) is 11.8 Å². The lowest BCUT2D eigenvalue weighted by Gasteiger charge is -2.24. The minimum Gasteiger partial charge on any atom is -0.309 e. The van der Waals surface area contributed by atoms with Crippen molar-refractivity contribution < 1.29 is 8.78 Å². The number of hydrogen-bond acceptors (Lipinski definition) is 2. The van der Waals surface area contributed by atoms with Crippen LogP contribution in [-0.4, -0.2) is 17.0 Å². The van der Waals surface area contributed by atoms with Crippen molar-refractivity contribution in [2.45, 2.75) is 44.9 Å². The third-order valence-corrected chi connectivity index (χ3v) is 4.02. The molecular weight excluding hydrogens is 264 g/mol. The quantitative estimate of drug-likeness (QED) is 0.824. The maximum absolute atomic E-state index is 13.9. The van der Waals surface area contributed by atoms with E-state index in [-0.39, 0.29) is 22.4 Å². The Morgan fingerprint density at radius 3 is 2.53 bits per heavy atom. The van der Waals surface area contributed by atoms with Gasteiger partial charge in [0.2, 0.25) is 0 Å². The highest BCUT2D eigenvalue weighted by molar-refractivity contribution is 8.00. The third-order valence-electron chi connectivity index (χ3n) is 2.66. The van der Waals surface area contributed by atoms with Gasteiger partial charge in [-0.3, -0.25) is 0 Å². The zero-order chi connectivity index (χ0) is 14.5. The summed E-state index contributed by atoms with van der Waals surface area (Å²) in [6.07, 6.45) is 0.966. The third kappa shape index (κ3) is 5.91. The lowest BCUT2D eigenvalue weighted by atomic mass is 10.1. The fraction of sp³-hybridized carbons (Fsp3) is 0.600. The van der Waals surface area contributed by atoms with Gasteiger partial charge in [0.05, 0.1) is 0 Å². The van der Waals surface area contributed by atoms with Crippen molar-refractivity contribution in [3.63, 3.8) is 0 Å². The Bertz CT molecular complexity index is 402. The van der Waals surface area contributed by atoms with Gasteiger partial charge in [0.15, 0.2) is 0 Å². The Morgan fingerprint density at radius 1 is 1.26 bits per heavy atom. The van der Waals surface area contributed by atoms with Gasteiger partial charge < -0.3 is 5.32 Å². The number of hydrogen-bond donors (Lipinski definition) is 1. The number of thioether (sulfide) groups is 1. The van der Waals surface area contributed by atoms with E-state index in [0.717, 1.165) is 24.8 Å². The average molecular weight is 287 g/mol. The lowest BCUT2D eigenvalue weighted by Crippen LogP contribution is -2.27. The van der Waals surface area contributed by atoms with Crippen molar-refractivity contribution in [1.82, 2.24) is 5.32 Å². The van der Waals surface area contributed by atoms with Crippen molar-refractivity contribution in [1.29, 1.82) is 0 Å². The van der Waals surface area contributed by atoms with Crippen molar-refractivity contribution in [3.05, 3.63) is 35.4 Å². The second kappa shape index (κ2) is 7.25. The first-order chi connectivity index (χ1) is 8.83. The summed E-state index contributed by atoms with van der Waals surface area (Å²) in [5, 5.41) is 3.30. The summed E-state index contributed by atoms with van der Waals surface area (Å²) >= 11 is 1.75.